The molecule has 4 aromatic rings. The maximum Gasteiger partial charge on any atom is 0.213 e. The Kier molecular flexibility index (Phi) is 7.41. The van der Waals surface area contributed by atoms with Crippen molar-refractivity contribution in [2.45, 2.75) is 19.1 Å². The van der Waals surface area contributed by atoms with E-state index in [-0.39, 0.29) is 6.54 Å². The minimum atomic E-state index is -3.41. The first-order valence-corrected chi connectivity index (χ1v) is 13.0. The lowest BCUT2D eigenvalue weighted by Gasteiger charge is -2.26. The lowest BCUT2D eigenvalue weighted by Crippen LogP contribution is -2.36. The molecular formula is C25H30N6O4S. The number of sulfonamides is 1. The van der Waals surface area contributed by atoms with E-state index in [1.165, 1.54) is 0 Å². The number of anilines is 2. The number of hydrogen-bond acceptors (Lipinski definition) is 8. The van der Waals surface area contributed by atoms with E-state index in [1.54, 1.807) is 51.2 Å². The highest BCUT2D eigenvalue weighted by Crippen LogP contribution is 2.34. The number of benzene rings is 2. The standard InChI is InChI=1S/C25H30N6O4S/c1-17(2)36(32,33)28-8-9-31(20-10-21(34-4)13-22(11-20)35-5)19-6-7-23-24(12-19)29-25(15-26-23)18-14-27-30(3)16-18/h6-7,10-17,28H,8-9H2,1-5H3. The van der Waals surface area contributed by atoms with Crippen molar-refractivity contribution < 1.29 is 17.9 Å². The molecule has 0 radical (unpaired) electrons. The van der Waals surface area contributed by atoms with Gasteiger partial charge in [-0.1, -0.05) is 0 Å². The predicted molar refractivity (Wildman–Crippen MR) is 140 cm³/mol. The van der Waals surface area contributed by atoms with Crippen LogP contribution >= 0.6 is 0 Å². The summed E-state index contributed by atoms with van der Waals surface area (Å²) in [5.41, 5.74) is 4.64. The molecule has 0 aliphatic rings. The number of nitrogens with one attached hydrogen (secondary N) is 1. The first kappa shape index (κ1) is 25.4. The predicted octanol–water partition coefficient (Wildman–Crippen LogP) is 3.51. The molecule has 0 amide bonds. The third kappa shape index (κ3) is 5.58. The fourth-order valence-corrected chi connectivity index (χ4v) is 4.39. The average molecular weight is 511 g/mol. The number of ether oxygens (including phenoxy) is 2. The Morgan fingerprint density at radius 3 is 2.33 bits per heavy atom. The number of rotatable bonds is 10. The summed E-state index contributed by atoms with van der Waals surface area (Å²) in [6.07, 6.45) is 5.36. The van der Waals surface area contributed by atoms with Gasteiger partial charge in [0.1, 0.15) is 11.5 Å². The molecule has 0 atom stereocenters. The molecule has 1 N–H and O–H groups in total. The molecule has 0 aliphatic heterocycles. The van der Waals surface area contributed by atoms with Crippen molar-refractivity contribution in [2.75, 3.05) is 32.2 Å². The summed E-state index contributed by atoms with van der Waals surface area (Å²) >= 11 is 0. The molecule has 0 aliphatic carbocycles. The first-order valence-electron chi connectivity index (χ1n) is 11.4. The van der Waals surface area contributed by atoms with E-state index in [0.29, 0.717) is 29.3 Å². The Bertz CT molecular complexity index is 1450. The summed E-state index contributed by atoms with van der Waals surface area (Å²) in [5, 5.41) is 3.69. The topological polar surface area (TPSA) is 111 Å². The van der Waals surface area contributed by atoms with Gasteiger partial charge >= 0.3 is 0 Å². The lowest BCUT2D eigenvalue weighted by molar-refractivity contribution is 0.394. The number of hydrogen-bond donors (Lipinski definition) is 1. The molecule has 0 saturated heterocycles. The third-order valence-electron chi connectivity index (χ3n) is 5.75. The molecule has 0 unspecified atom stereocenters. The molecule has 2 aromatic heterocycles. The summed E-state index contributed by atoms with van der Waals surface area (Å²) in [6, 6.07) is 11.3. The molecule has 10 nitrogen and oxygen atoms in total. The van der Waals surface area contributed by atoms with Gasteiger partial charge in [0.15, 0.2) is 0 Å². The van der Waals surface area contributed by atoms with Crippen LogP contribution in [0.25, 0.3) is 22.3 Å². The van der Waals surface area contributed by atoms with Gasteiger partial charge in [0.25, 0.3) is 0 Å². The van der Waals surface area contributed by atoms with Crippen molar-refractivity contribution >= 4 is 32.4 Å². The summed E-state index contributed by atoms with van der Waals surface area (Å²) in [7, 11) is 1.62. The van der Waals surface area contributed by atoms with E-state index in [2.05, 4.69) is 14.8 Å². The van der Waals surface area contributed by atoms with Gasteiger partial charge in [-0.15, -0.1) is 0 Å². The van der Waals surface area contributed by atoms with Crippen LogP contribution in [0.1, 0.15) is 13.8 Å². The minimum absolute atomic E-state index is 0.208. The fourth-order valence-electron chi connectivity index (χ4n) is 3.68. The molecule has 0 fully saturated rings. The van der Waals surface area contributed by atoms with Gasteiger partial charge in [-0.25, -0.2) is 18.1 Å². The molecule has 2 aromatic carbocycles. The highest BCUT2D eigenvalue weighted by molar-refractivity contribution is 7.90. The van der Waals surface area contributed by atoms with Gasteiger partial charge in [0.05, 0.1) is 48.6 Å². The fraction of sp³-hybridized carbons (Fsp3) is 0.320. The second kappa shape index (κ2) is 10.5. The molecule has 36 heavy (non-hydrogen) atoms. The number of aromatic nitrogens is 4. The van der Waals surface area contributed by atoms with Gasteiger partial charge in [0.2, 0.25) is 10.0 Å². The van der Waals surface area contributed by atoms with Crippen LogP contribution in [0.5, 0.6) is 11.5 Å². The largest absolute Gasteiger partial charge is 0.497 e. The lowest BCUT2D eigenvalue weighted by atomic mass is 10.2. The van der Waals surface area contributed by atoms with Gasteiger partial charge in [-0.2, -0.15) is 5.10 Å². The maximum absolute atomic E-state index is 12.3. The zero-order valence-corrected chi connectivity index (χ0v) is 21.8. The zero-order valence-electron chi connectivity index (χ0n) is 21.0. The van der Waals surface area contributed by atoms with Crippen LogP contribution in [0.15, 0.2) is 55.0 Å². The minimum Gasteiger partial charge on any atom is -0.497 e. The number of fused-ring (bicyclic) bond motifs is 1. The second-order valence-corrected chi connectivity index (χ2v) is 10.9. The Labute approximate surface area is 210 Å². The van der Waals surface area contributed by atoms with Crippen molar-refractivity contribution in [3.8, 4) is 22.8 Å². The van der Waals surface area contributed by atoms with Crippen LogP contribution in [-0.2, 0) is 17.1 Å². The molecule has 0 spiro atoms. The third-order valence-corrected chi connectivity index (χ3v) is 7.59. The first-order chi connectivity index (χ1) is 17.2. The van der Waals surface area contributed by atoms with Crippen LogP contribution in [0.3, 0.4) is 0 Å². The van der Waals surface area contributed by atoms with Gasteiger partial charge < -0.3 is 14.4 Å². The molecule has 2 heterocycles. The van der Waals surface area contributed by atoms with Crippen LogP contribution in [0.2, 0.25) is 0 Å². The van der Waals surface area contributed by atoms with Crippen molar-refractivity contribution in [2.24, 2.45) is 7.05 Å². The Morgan fingerprint density at radius 1 is 1.00 bits per heavy atom. The summed E-state index contributed by atoms with van der Waals surface area (Å²) in [5.74, 6) is 1.24. The van der Waals surface area contributed by atoms with Crippen LogP contribution in [0.4, 0.5) is 11.4 Å². The smallest absolute Gasteiger partial charge is 0.213 e. The normalized spacial score (nSPS) is 11.7. The molecule has 4 rings (SSSR count). The summed E-state index contributed by atoms with van der Waals surface area (Å²) in [4.78, 5) is 11.4. The zero-order chi connectivity index (χ0) is 25.9. The van der Waals surface area contributed by atoms with Crippen molar-refractivity contribution in [3.63, 3.8) is 0 Å². The van der Waals surface area contributed by atoms with Gasteiger partial charge in [-0.3, -0.25) is 9.67 Å². The Hall–Kier alpha value is -3.70. The van der Waals surface area contributed by atoms with E-state index >= 15 is 0 Å². The molecular weight excluding hydrogens is 480 g/mol. The summed E-state index contributed by atoms with van der Waals surface area (Å²) in [6.45, 7) is 3.87. The SMILES string of the molecule is COc1cc(OC)cc(N(CCNS(=O)(=O)C(C)C)c2ccc3ncc(-c4cnn(C)c4)nc3c2)c1. The highest BCUT2D eigenvalue weighted by Gasteiger charge is 2.18. The molecule has 0 saturated carbocycles. The second-order valence-electron chi connectivity index (χ2n) is 8.54. The molecule has 11 heteroatoms. The van der Waals surface area contributed by atoms with E-state index in [4.69, 9.17) is 14.5 Å². The van der Waals surface area contributed by atoms with Crippen LogP contribution < -0.4 is 19.1 Å². The van der Waals surface area contributed by atoms with Gasteiger partial charge in [0, 0.05) is 61.5 Å². The van der Waals surface area contributed by atoms with Crippen molar-refractivity contribution in [1.82, 2.24) is 24.5 Å². The van der Waals surface area contributed by atoms with Crippen molar-refractivity contribution in [3.05, 3.63) is 55.0 Å². The molecule has 0 bridgehead atoms. The van der Waals surface area contributed by atoms with E-state index in [1.807, 2.05) is 48.5 Å². The maximum atomic E-state index is 12.3. The quantitative estimate of drug-likeness (QED) is 0.345. The van der Waals surface area contributed by atoms with E-state index in [9.17, 15) is 8.42 Å². The summed E-state index contributed by atoms with van der Waals surface area (Å²) < 4.78 is 40.0. The number of nitrogens with zero attached hydrogens (tertiary/aromatic N) is 5. The number of methoxy groups -OCH3 is 2. The Balaban J connectivity index is 1.75. The van der Waals surface area contributed by atoms with Crippen LogP contribution in [-0.4, -0.2) is 60.7 Å². The highest BCUT2D eigenvalue weighted by atomic mass is 32.2. The average Bonchev–Trinajstić information content (AvgIpc) is 3.31. The van der Waals surface area contributed by atoms with Crippen molar-refractivity contribution in [1.29, 1.82) is 0 Å². The van der Waals surface area contributed by atoms with E-state index in [0.717, 1.165) is 22.5 Å². The number of aryl methyl sites for hydroxylation is 1. The van der Waals surface area contributed by atoms with Crippen LogP contribution in [0, 0.1) is 0 Å². The Morgan fingerprint density at radius 2 is 1.72 bits per heavy atom. The monoisotopic (exact) mass is 510 g/mol. The van der Waals surface area contributed by atoms with Gasteiger partial charge in [-0.05, 0) is 32.0 Å². The molecule has 190 valence electrons. The van der Waals surface area contributed by atoms with E-state index < -0.39 is 15.3 Å².